The first kappa shape index (κ1) is 17.0. The predicted octanol–water partition coefficient (Wildman–Crippen LogP) is 2.96. The Labute approximate surface area is 146 Å². The van der Waals surface area contributed by atoms with Gasteiger partial charge >= 0.3 is 0 Å². The largest absolute Gasteiger partial charge is 0.277 e. The number of aryl methyl sites for hydroxylation is 1. The summed E-state index contributed by atoms with van der Waals surface area (Å²) in [5.41, 5.74) is 6.26. The van der Waals surface area contributed by atoms with Crippen molar-refractivity contribution in [2.75, 3.05) is 16.9 Å². The predicted molar refractivity (Wildman–Crippen MR) is 96.7 cm³/mol. The van der Waals surface area contributed by atoms with Gasteiger partial charge in [0.2, 0.25) is 0 Å². The highest BCUT2D eigenvalue weighted by Crippen LogP contribution is 2.26. The van der Waals surface area contributed by atoms with Crippen LogP contribution in [0.2, 0.25) is 5.02 Å². The number of hydrogen-bond acceptors (Lipinski definition) is 5. The van der Waals surface area contributed by atoms with Gasteiger partial charge in [-0.25, -0.2) is 8.42 Å². The standard InChI is InChI=1S/C16H19ClN4O2S/c1-11-14(9-18-19-16-6-4-3-5-15(16)17)12(2)21(20-11)13-7-8-24(22,23)10-13/h3-6,9,13,19H,7-8,10H2,1-2H3/b18-9-/t13-/m1/s1. The molecule has 1 aromatic carbocycles. The molecular weight excluding hydrogens is 348 g/mol. The number of para-hydroxylation sites is 1. The molecule has 0 aliphatic carbocycles. The van der Waals surface area contributed by atoms with Gasteiger partial charge in [0, 0.05) is 11.3 Å². The SMILES string of the molecule is Cc1nn([C@@H]2CCS(=O)(=O)C2)c(C)c1/C=N\Nc1ccccc1Cl. The van der Waals surface area contributed by atoms with E-state index in [-0.39, 0.29) is 17.5 Å². The van der Waals surface area contributed by atoms with E-state index in [4.69, 9.17) is 11.6 Å². The molecular formula is C16H19ClN4O2S. The molecule has 0 bridgehead atoms. The van der Waals surface area contributed by atoms with Gasteiger partial charge in [0.15, 0.2) is 9.84 Å². The number of nitrogens with one attached hydrogen (secondary N) is 1. The number of aromatic nitrogens is 2. The summed E-state index contributed by atoms with van der Waals surface area (Å²) in [5.74, 6) is 0.386. The van der Waals surface area contributed by atoms with Gasteiger partial charge in [0.05, 0.1) is 40.2 Å². The fourth-order valence-electron chi connectivity index (χ4n) is 2.90. The number of anilines is 1. The Kier molecular flexibility index (Phi) is 4.64. The quantitative estimate of drug-likeness (QED) is 0.666. The van der Waals surface area contributed by atoms with E-state index in [1.54, 1.807) is 12.3 Å². The summed E-state index contributed by atoms with van der Waals surface area (Å²) in [5, 5.41) is 9.33. The molecule has 0 radical (unpaired) electrons. The minimum Gasteiger partial charge on any atom is -0.277 e. The van der Waals surface area contributed by atoms with E-state index >= 15 is 0 Å². The molecule has 0 saturated carbocycles. The molecule has 128 valence electrons. The lowest BCUT2D eigenvalue weighted by Gasteiger charge is -2.10. The highest BCUT2D eigenvalue weighted by atomic mass is 35.5. The summed E-state index contributed by atoms with van der Waals surface area (Å²) < 4.78 is 25.2. The van der Waals surface area contributed by atoms with Crippen molar-refractivity contribution in [1.29, 1.82) is 0 Å². The van der Waals surface area contributed by atoms with E-state index in [2.05, 4.69) is 15.6 Å². The Hall–Kier alpha value is -1.86. The maximum Gasteiger partial charge on any atom is 0.152 e. The van der Waals surface area contributed by atoms with Gasteiger partial charge in [-0.1, -0.05) is 23.7 Å². The summed E-state index contributed by atoms with van der Waals surface area (Å²) in [6.45, 7) is 3.82. The van der Waals surface area contributed by atoms with Crippen LogP contribution in [0.5, 0.6) is 0 Å². The van der Waals surface area contributed by atoms with Crippen LogP contribution in [-0.2, 0) is 9.84 Å². The lowest BCUT2D eigenvalue weighted by molar-refractivity contribution is 0.486. The molecule has 3 rings (SSSR count). The van der Waals surface area contributed by atoms with E-state index < -0.39 is 9.84 Å². The number of nitrogens with zero attached hydrogens (tertiary/aromatic N) is 3. The third kappa shape index (κ3) is 3.47. The van der Waals surface area contributed by atoms with Gasteiger partial charge in [-0.3, -0.25) is 10.1 Å². The maximum atomic E-state index is 11.7. The monoisotopic (exact) mass is 366 g/mol. The molecule has 1 fully saturated rings. The van der Waals surface area contributed by atoms with Crippen molar-refractivity contribution in [3.63, 3.8) is 0 Å². The van der Waals surface area contributed by atoms with Crippen molar-refractivity contribution in [2.24, 2.45) is 5.10 Å². The van der Waals surface area contributed by atoms with Crippen molar-refractivity contribution < 1.29 is 8.42 Å². The van der Waals surface area contributed by atoms with Crippen LogP contribution in [0.15, 0.2) is 29.4 Å². The second-order valence-corrected chi connectivity index (χ2v) is 8.57. The molecule has 1 aliphatic rings. The van der Waals surface area contributed by atoms with Gasteiger partial charge in [-0.2, -0.15) is 10.2 Å². The van der Waals surface area contributed by atoms with Crippen LogP contribution >= 0.6 is 11.6 Å². The van der Waals surface area contributed by atoms with Gasteiger partial charge in [0.25, 0.3) is 0 Å². The summed E-state index contributed by atoms with van der Waals surface area (Å²) in [6, 6.07) is 7.26. The normalized spacial score (nSPS) is 19.9. The Bertz CT molecular complexity index is 889. The average molecular weight is 367 g/mol. The molecule has 2 heterocycles. The van der Waals surface area contributed by atoms with Crippen LogP contribution in [0.3, 0.4) is 0 Å². The second kappa shape index (κ2) is 6.57. The molecule has 1 saturated heterocycles. The van der Waals surface area contributed by atoms with E-state index in [0.717, 1.165) is 22.6 Å². The summed E-state index contributed by atoms with van der Waals surface area (Å²) in [6.07, 6.45) is 2.31. The first-order valence-electron chi connectivity index (χ1n) is 7.67. The Morgan fingerprint density at radius 3 is 2.79 bits per heavy atom. The molecule has 0 unspecified atom stereocenters. The van der Waals surface area contributed by atoms with Gasteiger partial charge in [-0.15, -0.1) is 0 Å². The number of benzene rings is 1. The highest BCUT2D eigenvalue weighted by Gasteiger charge is 2.31. The molecule has 1 aromatic heterocycles. The van der Waals surface area contributed by atoms with Gasteiger partial charge in [-0.05, 0) is 32.4 Å². The third-order valence-electron chi connectivity index (χ3n) is 4.19. The first-order valence-corrected chi connectivity index (χ1v) is 9.87. The first-order chi connectivity index (χ1) is 11.4. The molecule has 1 atom stereocenters. The lowest BCUT2D eigenvalue weighted by Crippen LogP contribution is -2.14. The van der Waals surface area contributed by atoms with Crippen molar-refractivity contribution in [1.82, 2.24) is 9.78 Å². The van der Waals surface area contributed by atoms with E-state index in [1.807, 2.05) is 36.7 Å². The van der Waals surface area contributed by atoms with Crippen molar-refractivity contribution in [3.8, 4) is 0 Å². The van der Waals surface area contributed by atoms with E-state index in [1.165, 1.54) is 0 Å². The van der Waals surface area contributed by atoms with Gasteiger partial charge < -0.3 is 0 Å². The summed E-state index contributed by atoms with van der Waals surface area (Å²) >= 11 is 6.08. The molecule has 1 N–H and O–H groups in total. The minimum absolute atomic E-state index is 0.0904. The smallest absolute Gasteiger partial charge is 0.152 e. The lowest BCUT2D eigenvalue weighted by atomic mass is 10.2. The fraction of sp³-hybridized carbons (Fsp3) is 0.375. The minimum atomic E-state index is -2.94. The summed E-state index contributed by atoms with van der Waals surface area (Å²) in [4.78, 5) is 0. The molecule has 1 aliphatic heterocycles. The molecule has 8 heteroatoms. The Morgan fingerprint density at radius 2 is 2.12 bits per heavy atom. The Morgan fingerprint density at radius 1 is 1.38 bits per heavy atom. The van der Waals surface area contributed by atoms with Crippen LogP contribution < -0.4 is 5.43 Å². The molecule has 6 nitrogen and oxygen atoms in total. The van der Waals surface area contributed by atoms with E-state index in [0.29, 0.717) is 11.4 Å². The van der Waals surface area contributed by atoms with Crippen molar-refractivity contribution >= 4 is 33.3 Å². The zero-order chi connectivity index (χ0) is 17.3. The van der Waals surface area contributed by atoms with Crippen molar-refractivity contribution in [2.45, 2.75) is 26.3 Å². The molecule has 0 amide bonds. The van der Waals surface area contributed by atoms with Crippen LogP contribution in [0.25, 0.3) is 0 Å². The molecule has 2 aromatic rings. The van der Waals surface area contributed by atoms with Crippen LogP contribution in [0, 0.1) is 13.8 Å². The second-order valence-electron chi connectivity index (χ2n) is 5.94. The third-order valence-corrected chi connectivity index (χ3v) is 6.27. The van der Waals surface area contributed by atoms with Gasteiger partial charge in [0.1, 0.15) is 0 Å². The van der Waals surface area contributed by atoms with Crippen LogP contribution in [0.1, 0.15) is 29.4 Å². The number of halogens is 1. The molecule has 24 heavy (non-hydrogen) atoms. The van der Waals surface area contributed by atoms with E-state index in [9.17, 15) is 8.42 Å². The average Bonchev–Trinajstić information content (AvgIpc) is 3.02. The number of hydrazone groups is 1. The van der Waals surface area contributed by atoms with Crippen molar-refractivity contribution in [3.05, 3.63) is 46.2 Å². The number of hydrogen-bond donors (Lipinski definition) is 1. The number of rotatable bonds is 4. The highest BCUT2D eigenvalue weighted by molar-refractivity contribution is 7.91. The molecule has 0 spiro atoms. The van der Waals surface area contributed by atoms with Crippen LogP contribution in [-0.4, -0.2) is 35.9 Å². The van der Waals surface area contributed by atoms with Crippen LogP contribution in [0.4, 0.5) is 5.69 Å². The topological polar surface area (TPSA) is 76.3 Å². The number of sulfone groups is 1. The zero-order valence-corrected chi connectivity index (χ0v) is 15.1. The Balaban J connectivity index is 1.80. The maximum absolute atomic E-state index is 11.7. The summed E-state index contributed by atoms with van der Waals surface area (Å²) in [7, 11) is -2.94. The zero-order valence-electron chi connectivity index (χ0n) is 13.5. The fourth-order valence-corrected chi connectivity index (χ4v) is 4.77.